The van der Waals surface area contributed by atoms with Crippen LogP contribution in [-0.2, 0) is 14.3 Å². The van der Waals surface area contributed by atoms with Crippen molar-refractivity contribution < 1.29 is 39.9 Å². The van der Waals surface area contributed by atoms with E-state index < -0.39 is 71.8 Å². The Bertz CT molecular complexity index is 2410. The van der Waals surface area contributed by atoms with Crippen LogP contribution in [0.3, 0.4) is 0 Å². The lowest BCUT2D eigenvalue weighted by molar-refractivity contribution is -0.149. The number of carboxylic acids is 1. The number of hydrogen-bond donors (Lipinski definition) is 8. The Kier molecular flexibility index (Phi) is 13.2. The molecule has 7 rings (SSSR count). The molecular formula is C42H43N7O10. The summed E-state index contributed by atoms with van der Waals surface area (Å²) in [4.78, 5) is 57.9. The van der Waals surface area contributed by atoms with Crippen LogP contribution in [0.2, 0.25) is 0 Å². The van der Waals surface area contributed by atoms with Gasteiger partial charge in [-0.3, -0.25) is 24.1 Å². The molecule has 1 aliphatic heterocycles. The van der Waals surface area contributed by atoms with E-state index in [1.165, 1.54) is 41.3 Å². The Hall–Kier alpha value is -6.76. The third kappa shape index (κ3) is 9.69. The first kappa shape index (κ1) is 41.9. The summed E-state index contributed by atoms with van der Waals surface area (Å²) >= 11 is 0. The predicted octanol–water partition coefficient (Wildman–Crippen LogP) is 1.71. The van der Waals surface area contributed by atoms with Gasteiger partial charge in [-0.15, -0.1) is 0 Å². The number of carboxylic acid groups (broad SMARTS) is 1. The van der Waals surface area contributed by atoms with E-state index in [0.29, 0.717) is 0 Å². The highest BCUT2D eigenvalue weighted by molar-refractivity contribution is 5.87. The van der Waals surface area contributed by atoms with E-state index >= 15 is 0 Å². The minimum absolute atomic E-state index is 0.111. The fraction of sp³-hybridized carbons (Fsp3) is 0.238. The molecule has 1 saturated heterocycles. The molecule has 0 radical (unpaired) electrons. The number of aliphatic hydroxyl groups excluding tert-OH is 3. The number of aliphatic hydroxyl groups is 3. The number of carbonyl (C=O) groups excluding carboxylic acids is 1. The van der Waals surface area contributed by atoms with E-state index in [1.807, 2.05) is 35.8 Å². The van der Waals surface area contributed by atoms with E-state index in [-0.39, 0.29) is 17.5 Å². The lowest BCUT2D eigenvalue weighted by atomic mass is 9.92. The van der Waals surface area contributed by atoms with Gasteiger partial charge in [0.05, 0.1) is 30.3 Å². The number of imidazole rings is 1. The SMILES string of the molecule is C[C@@H]([C@H](N)C(=O)N[C@H](C(=O)O)[C@H]1OC(n2ccc(=O)[nH]c2=O)[C@H](O)[C@@H]1O)[C@H](O)c1ccc(O)cn1.c1ccc(-c2ccc(C(c3ccccc3)n3ccnc3)cc2)cc1. The van der Waals surface area contributed by atoms with E-state index in [0.717, 1.165) is 23.0 Å². The van der Waals surface area contributed by atoms with Crippen molar-refractivity contribution in [3.63, 3.8) is 0 Å². The molecule has 0 bridgehead atoms. The number of ether oxygens (including phenoxy) is 1. The average Bonchev–Trinajstić information content (AvgIpc) is 3.88. The number of nitrogens with two attached hydrogens (primary N) is 1. The van der Waals surface area contributed by atoms with Crippen LogP contribution in [-0.4, -0.2) is 91.9 Å². The number of amides is 1. The Labute approximate surface area is 336 Å². The van der Waals surface area contributed by atoms with Crippen molar-refractivity contribution in [2.24, 2.45) is 11.7 Å². The number of nitrogens with zero attached hydrogens (tertiary/aromatic N) is 4. The Morgan fingerprint density at radius 3 is 2.10 bits per heavy atom. The summed E-state index contributed by atoms with van der Waals surface area (Å²) in [7, 11) is 0. The number of hydrogen-bond acceptors (Lipinski definition) is 12. The van der Waals surface area contributed by atoms with E-state index in [1.54, 1.807) is 0 Å². The van der Waals surface area contributed by atoms with Crippen molar-refractivity contribution in [2.75, 3.05) is 0 Å². The normalized spacial score (nSPS) is 19.9. The summed E-state index contributed by atoms with van der Waals surface area (Å²) in [6.07, 6.45) is -0.431. The first-order chi connectivity index (χ1) is 28.3. The van der Waals surface area contributed by atoms with Gasteiger partial charge in [0.1, 0.15) is 30.2 Å². The maximum absolute atomic E-state index is 12.7. The standard InChI is InChI=1S/C22H18N2.C20H25N5O10/c1-3-7-18(8-4-1)19-11-13-21(14-12-19)22(24-16-15-23-17-24)20-9-5-2-6-10-20;1-7(13(28)9-3-2-8(26)6-22-9)11(21)17(31)24-12(19(32)33)16-14(29)15(30)18(35-16)25-5-4-10(27)23-20(25)34/h1-17,22H;2-7,11-16,18,26,28-30H,21H2,1H3,(H,24,31)(H,32,33)(H,23,27,34)/t;7-,11-,12-,13-,14-,15+,16+,18?/m.0/s1. The molecule has 17 heteroatoms. The zero-order valence-corrected chi connectivity index (χ0v) is 31.5. The number of rotatable bonds is 12. The van der Waals surface area contributed by atoms with E-state index in [9.17, 15) is 44.7 Å². The Balaban J connectivity index is 0.000000211. The molecule has 0 aliphatic carbocycles. The van der Waals surface area contributed by atoms with Crippen LogP contribution in [0.25, 0.3) is 11.1 Å². The first-order valence-corrected chi connectivity index (χ1v) is 18.5. The minimum Gasteiger partial charge on any atom is -0.506 e. The quantitative estimate of drug-likeness (QED) is 0.0877. The minimum atomic E-state index is -1.90. The van der Waals surface area contributed by atoms with Crippen LogP contribution in [0, 0.1) is 5.92 Å². The number of aromatic amines is 1. The third-order valence-corrected chi connectivity index (χ3v) is 10.0. The van der Waals surface area contributed by atoms with Crippen LogP contribution in [0.5, 0.6) is 5.75 Å². The molecule has 1 amide bonds. The van der Waals surface area contributed by atoms with Crippen molar-refractivity contribution in [1.29, 1.82) is 0 Å². The summed E-state index contributed by atoms with van der Waals surface area (Å²) in [5, 5.41) is 52.3. The summed E-state index contributed by atoms with van der Waals surface area (Å²) in [6, 6.07) is 30.2. The second-order valence-electron chi connectivity index (χ2n) is 13.9. The highest BCUT2D eigenvalue weighted by Crippen LogP contribution is 2.31. The van der Waals surface area contributed by atoms with Crippen molar-refractivity contribution in [2.45, 2.75) is 55.7 Å². The molecule has 2 unspecified atom stereocenters. The third-order valence-electron chi connectivity index (χ3n) is 10.0. The van der Waals surface area contributed by atoms with Crippen LogP contribution in [0.4, 0.5) is 0 Å². The number of carbonyl (C=O) groups is 2. The van der Waals surface area contributed by atoms with Crippen molar-refractivity contribution >= 4 is 11.9 Å². The van der Waals surface area contributed by atoms with Crippen LogP contribution in [0.15, 0.2) is 144 Å². The number of pyridine rings is 1. The van der Waals surface area contributed by atoms with E-state index in [4.69, 9.17) is 10.5 Å². The molecular weight excluding hydrogens is 763 g/mol. The second kappa shape index (κ2) is 18.7. The van der Waals surface area contributed by atoms with E-state index in [2.05, 4.69) is 92.6 Å². The van der Waals surface area contributed by atoms with Crippen LogP contribution in [0.1, 0.15) is 42.1 Å². The molecule has 9 N–H and O–H groups in total. The fourth-order valence-corrected chi connectivity index (χ4v) is 6.71. The molecule has 1 aliphatic rings. The zero-order chi connectivity index (χ0) is 42.2. The molecule has 9 atom stereocenters. The molecule has 306 valence electrons. The average molecular weight is 806 g/mol. The second-order valence-corrected chi connectivity index (χ2v) is 13.9. The highest BCUT2D eigenvalue weighted by atomic mass is 16.6. The predicted molar refractivity (Wildman–Crippen MR) is 213 cm³/mol. The number of nitrogens with one attached hydrogen (secondary N) is 2. The van der Waals surface area contributed by atoms with Crippen molar-refractivity contribution in [3.05, 3.63) is 172 Å². The molecule has 0 saturated carbocycles. The van der Waals surface area contributed by atoms with Gasteiger partial charge in [0.15, 0.2) is 12.3 Å². The number of aromatic nitrogens is 5. The molecule has 6 aromatic rings. The number of benzene rings is 3. The monoisotopic (exact) mass is 805 g/mol. The summed E-state index contributed by atoms with van der Waals surface area (Å²) in [5.74, 6) is -3.75. The maximum atomic E-state index is 12.7. The zero-order valence-electron chi connectivity index (χ0n) is 31.5. The molecule has 0 spiro atoms. The van der Waals surface area contributed by atoms with Crippen molar-refractivity contribution in [3.8, 4) is 16.9 Å². The lowest BCUT2D eigenvalue weighted by Crippen LogP contribution is -2.57. The smallest absolute Gasteiger partial charge is 0.330 e. The number of H-pyrrole nitrogens is 1. The van der Waals surface area contributed by atoms with Crippen molar-refractivity contribution in [1.82, 2.24) is 29.4 Å². The number of aliphatic carboxylic acids is 1. The van der Waals surface area contributed by atoms with Crippen LogP contribution >= 0.6 is 0 Å². The van der Waals surface area contributed by atoms with Gasteiger partial charge in [-0.1, -0.05) is 91.9 Å². The molecule has 59 heavy (non-hydrogen) atoms. The van der Waals surface area contributed by atoms with Gasteiger partial charge in [-0.05, 0) is 34.4 Å². The Morgan fingerprint density at radius 1 is 0.864 bits per heavy atom. The highest BCUT2D eigenvalue weighted by Gasteiger charge is 2.50. The topological polar surface area (TPSA) is 268 Å². The van der Waals surface area contributed by atoms with Crippen LogP contribution < -0.4 is 22.3 Å². The molecule has 4 heterocycles. The van der Waals surface area contributed by atoms with Gasteiger partial charge in [-0.25, -0.2) is 14.6 Å². The molecule has 3 aromatic heterocycles. The largest absolute Gasteiger partial charge is 0.506 e. The van der Waals surface area contributed by atoms with Gasteiger partial charge in [-0.2, -0.15) is 0 Å². The van der Waals surface area contributed by atoms with Gasteiger partial charge in [0, 0.05) is 30.6 Å². The molecule has 1 fully saturated rings. The summed E-state index contributed by atoms with van der Waals surface area (Å²) in [5.41, 5.74) is 9.30. The van der Waals surface area contributed by atoms with Gasteiger partial charge in [0.2, 0.25) is 5.91 Å². The van der Waals surface area contributed by atoms with Gasteiger partial charge >= 0.3 is 11.7 Å². The maximum Gasteiger partial charge on any atom is 0.330 e. The molecule has 3 aromatic carbocycles. The summed E-state index contributed by atoms with van der Waals surface area (Å²) < 4.78 is 8.31. The fourth-order valence-electron chi connectivity index (χ4n) is 6.71. The van der Waals surface area contributed by atoms with Gasteiger partial charge < -0.3 is 45.9 Å². The number of aromatic hydroxyl groups is 1. The molecule has 17 nitrogen and oxygen atoms in total. The lowest BCUT2D eigenvalue weighted by Gasteiger charge is -2.28. The van der Waals surface area contributed by atoms with Gasteiger partial charge in [0.25, 0.3) is 5.56 Å². The summed E-state index contributed by atoms with van der Waals surface area (Å²) in [6.45, 7) is 1.42. The first-order valence-electron chi connectivity index (χ1n) is 18.5. The Morgan fingerprint density at radius 2 is 1.51 bits per heavy atom.